The molecule has 0 saturated heterocycles. The number of carboxylic acid groups (broad SMARTS) is 1. The second-order valence-corrected chi connectivity index (χ2v) is 5.12. The number of anilines is 2. The number of carboxylic acids is 1. The fourth-order valence-corrected chi connectivity index (χ4v) is 2.25. The molecule has 0 aliphatic rings. The number of nitriles is 1. The van der Waals surface area contributed by atoms with Gasteiger partial charge in [-0.15, -0.1) is 0 Å². The number of nitrogens with zero attached hydrogens (tertiary/aromatic N) is 1. The van der Waals surface area contributed by atoms with E-state index in [2.05, 4.69) is 27.3 Å². The van der Waals surface area contributed by atoms with Crippen molar-refractivity contribution in [2.45, 2.75) is 6.92 Å². The van der Waals surface area contributed by atoms with Crippen LogP contribution in [0.3, 0.4) is 0 Å². The Bertz CT molecular complexity index is 720. The number of carbonyl (C=O) groups is 1. The average molecular weight is 331 g/mol. The molecule has 4 nitrogen and oxygen atoms in total. The Morgan fingerprint density at radius 3 is 2.65 bits per heavy atom. The molecule has 100 valence electrons. The third-order valence-corrected chi connectivity index (χ3v) is 3.50. The molecular weight excluding hydrogens is 320 g/mol. The van der Waals surface area contributed by atoms with Gasteiger partial charge in [0.05, 0.1) is 22.9 Å². The Labute approximate surface area is 124 Å². The van der Waals surface area contributed by atoms with Crippen LogP contribution in [0.2, 0.25) is 0 Å². The summed E-state index contributed by atoms with van der Waals surface area (Å²) < 4.78 is 0.744. The molecule has 0 saturated carbocycles. The molecule has 0 aliphatic carbocycles. The topological polar surface area (TPSA) is 73.1 Å². The molecule has 0 fully saturated rings. The van der Waals surface area contributed by atoms with Crippen LogP contribution in [0, 0.1) is 18.3 Å². The van der Waals surface area contributed by atoms with Gasteiger partial charge in [0.25, 0.3) is 0 Å². The molecule has 2 rings (SSSR count). The van der Waals surface area contributed by atoms with E-state index in [9.17, 15) is 4.79 Å². The average Bonchev–Trinajstić information content (AvgIpc) is 2.42. The molecule has 0 aliphatic heterocycles. The number of hydrogen-bond acceptors (Lipinski definition) is 3. The van der Waals surface area contributed by atoms with Gasteiger partial charge in [-0.2, -0.15) is 5.26 Å². The van der Waals surface area contributed by atoms with Gasteiger partial charge in [0.1, 0.15) is 0 Å². The second-order valence-electron chi connectivity index (χ2n) is 4.27. The molecule has 5 heteroatoms. The Hall–Kier alpha value is -2.32. The highest BCUT2D eigenvalue weighted by Gasteiger charge is 2.09. The Morgan fingerprint density at radius 2 is 2.05 bits per heavy atom. The van der Waals surface area contributed by atoms with Gasteiger partial charge in [-0.05, 0) is 58.7 Å². The van der Waals surface area contributed by atoms with Gasteiger partial charge in [0.2, 0.25) is 0 Å². The molecule has 0 bridgehead atoms. The van der Waals surface area contributed by atoms with Crippen molar-refractivity contribution in [2.24, 2.45) is 0 Å². The van der Waals surface area contributed by atoms with Crippen molar-refractivity contribution in [2.75, 3.05) is 5.32 Å². The van der Waals surface area contributed by atoms with E-state index in [4.69, 9.17) is 10.4 Å². The minimum atomic E-state index is -0.954. The molecule has 0 heterocycles. The van der Waals surface area contributed by atoms with E-state index >= 15 is 0 Å². The van der Waals surface area contributed by atoms with E-state index in [1.165, 1.54) is 0 Å². The number of nitrogens with one attached hydrogen (secondary N) is 1. The second kappa shape index (κ2) is 5.76. The molecule has 0 spiro atoms. The van der Waals surface area contributed by atoms with Crippen molar-refractivity contribution in [3.05, 3.63) is 57.6 Å². The molecule has 20 heavy (non-hydrogen) atoms. The first kappa shape index (κ1) is 14.1. The summed E-state index contributed by atoms with van der Waals surface area (Å²) in [5.41, 5.74) is 2.97. The van der Waals surface area contributed by atoms with Gasteiger partial charge >= 0.3 is 5.97 Å². The highest BCUT2D eigenvalue weighted by molar-refractivity contribution is 9.10. The Kier molecular flexibility index (Phi) is 4.06. The van der Waals surface area contributed by atoms with Crippen molar-refractivity contribution >= 4 is 33.3 Å². The van der Waals surface area contributed by atoms with E-state index in [1.54, 1.807) is 37.3 Å². The lowest BCUT2D eigenvalue weighted by molar-refractivity contribution is 0.0696. The number of halogens is 1. The SMILES string of the molecule is Cc1ccc(Nc2ccc(C#N)cc2Br)cc1C(=O)O. The lowest BCUT2D eigenvalue weighted by atomic mass is 10.1. The smallest absolute Gasteiger partial charge is 0.336 e. The normalized spacial score (nSPS) is 9.85. The lowest BCUT2D eigenvalue weighted by Crippen LogP contribution is -2.01. The molecule has 0 radical (unpaired) electrons. The van der Waals surface area contributed by atoms with Gasteiger partial charge in [-0.1, -0.05) is 6.07 Å². The Balaban J connectivity index is 2.33. The van der Waals surface area contributed by atoms with E-state index in [1.807, 2.05) is 6.07 Å². The van der Waals surface area contributed by atoms with Crippen LogP contribution in [-0.2, 0) is 0 Å². The zero-order chi connectivity index (χ0) is 14.7. The van der Waals surface area contributed by atoms with E-state index < -0.39 is 5.97 Å². The van der Waals surface area contributed by atoms with E-state index in [0.717, 1.165) is 10.2 Å². The van der Waals surface area contributed by atoms with Crippen molar-refractivity contribution < 1.29 is 9.90 Å². The highest BCUT2D eigenvalue weighted by Crippen LogP contribution is 2.27. The quantitative estimate of drug-likeness (QED) is 0.889. The summed E-state index contributed by atoms with van der Waals surface area (Å²) in [4.78, 5) is 11.1. The molecular formula is C15H11BrN2O2. The molecule has 2 N–H and O–H groups in total. The number of rotatable bonds is 3. The molecule has 2 aromatic rings. The number of aryl methyl sites for hydroxylation is 1. The van der Waals surface area contributed by atoms with Crippen LogP contribution in [0.4, 0.5) is 11.4 Å². The fourth-order valence-electron chi connectivity index (χ4n) is 1.77. The van der Waals surface area contributed by atoms with E-state index in [-0.39, 0.29) is 5.56 Å². The van der Waals surface area contributed by atoms with Gasteiger partial charge in [0, 0.05) is 10.2 Å². The largest absolute Gasteiger partial charge is 0.478 e. The number of aromatic carboxylic acids is 1. The standard InChI is InChI=1S/C15H11BrN2O2/c1-9-2-4-11(7-12(9)15(19)20)18-14-5-3-10(8-17)6-13(14)16/h2-7,18H,1H3,(H,19,20). The molecule has 0 atom stereocenters. The van der Waals surface area contributed by atoms with Gasteiger partial charge in [-0.3, -0.25) is 0 Å². The van der Waals surface area contributed by atoms with Crippen LogP contribution in [0.5, 0.6) is 0 Å². The third-order valence-electron chi connectivity index (χ3n) is 2.85. The minimum Gasteiger partial charge on any atom is -0.478 e. The summed E-state index contributed by atoms with van der Waals surface area (Å²) in [5.74, 6) is -0.954. The van der Waals surface area contributed by atoms with Gasteiger partial charge < -0.3 is 10.4 Å². The number of hydrogen-bond donors (Lipinski definition) is 2. The monoisotopic (exact) mass is 330 g/mol. The third kappa shape index (κ3) is 2.98. The van der Waals surface area contributed by atoms with Crippen molar-refractivity contribution in [3.63, 3.8) is 0 Å². The van der Waals surface area contributed by atoms with Crippen molar-refractivity contribution in [3.8, 4) is 6.07 Å². The molecule has 0 unspecified atom stereocenters. The van der Waals surface area contributed by atoms with Crippen molar-refractivity contribution in [1.29, 1.82) is 5.26 Å². The maximum absolute atomic E-state index is 11.1. The maximum Gasteiger partial charge on any atom is 0.336 e. The predicted octanol–water partition coefficient (Wildman–Crippen LogP) is 4.07. The van der Waals surface area contributed by atoms with Crippen LogP contribution >= 0.6 is 15.9 Å². The van der Waals surface area contributed by atoms with Crippen LogP contribution < -0.4 is 5.32 Å². The lowest BCUT2D eigenvalue weighted by Gasteiger charge is -2.10. The summed E-state index contributed by atoms with van der Waals surface area (Å²) in [6, 6.07) is 12.4. The van der Waals surface area contributed by atoms with E-state index in [0.29, 0.717) is 16.8 Å². The summed E-state index contributed by atoms with van der Waals surface area (Å²) in [6.45, 7) is 1.75. The summed E-state index contributed by atoms with van der Waals surface area (Å²) >= 11 is 3.38. The van der Waals surface area contributed by atoms with Crippen LogP contribution in [0.15, 0.2) is 40.9 Å². The fraction of sp³-hybridized carbons (Fsp3) is 0.0667. The minimum absolute atomic E-state index is 0.264. The van der Waals surface area contributed by atoms with Crippen LogP contribution in [-0.4, -0.2) is 11.1 Å². The maximum atomic E-state index is 11.1. The first-order valence-corrected chi connectivity index (χ1v) is 6.61. The van der Waals surface area contributed by atoms with Crippen LogP contribution in [0.25, 0.3) is 0 Å². The predicted molar refractivity (Wildman–Crippen MR) is 80.3 cm³/mol. The van der Waals surface area contributed by atoms with Crippen LogP contribution in [0.1, 0.15) is 21.5 Å². The van der Waals surface area contributed by atoms with Crippen molar-refractivity contribution in [1.82, 2.24) is 0 Å². The molecule has 0 amide bonds. The first-order valence-electron chi connectivity index (χ1n) is 5.82. The molecule has 2 aromatic carbocycles. The first-order chi connectivity index (χ1) is 9.51. The Morgan fingerprint density at radius 1 is 1.30 bits per heavy atom. The highest BCUT2D eigenvalue weighted by atomic mass is 79.9. The molecule has 0 aromatic heterocycles. The summed E-state index contributed by atoms with van der Waals surface area (Å²) in [5, 5.41) is 21.0. The number of benzene rings is 2. The summed E-state index contributed by atoms with van der Waals surface area (Å²) in [6.07, 6.45) is 0. The zero-order valence-electron chi connectivity index (χ0n) is 10.6. The zero-order valence-corrected chi connectivity index (χ0v) is 12.2. The van der Waals surface area contributed by atoms with Gasteiger partial charge in [0.15, 0.2) is 0 Å². The summed E-state index contributed by atoms with van der Waals surface area (Å²) in [7, 11) is 0. The van der Waals surface area contributed by atoms with Gasteiger partial charge in [-0.25, -0.2) is 4.79 Å².